The predicted molar refractivity (Wildman–Crippen MR) is 271 cm³/mol. The average Bonchev–Trinajstić information content (AvgIpc) is 3.96. The molecule has 24 nitrogen and oxygen atoms in total. The van der Waals surface area contributed by atoms with Gasteiger partial charge in [-0.3, -0.25) is 9.11 Å². The molecular weight excluding hydrogens is 1020 g/mol. The van der Waals surface area contributed by atoms with Crippen LogP contribution in [0.1, 0.15) is 20.8 Å². The van der Waals surface area contributed by atoms with Crippen LogP contribution < -0.4 is 39.4 Å². The van der Waals surface area contributed by atoms with Gasteiger partial charge in [0.25, 0.3) is 20.2 Å². The van der Waals surface area contributed by atoms with Crippen molar-refractivity contribution in [3.8, 4) is 23.0 Å². The maximum Gasteiger partial charge on any atom is 0.299 e. The van der Waals surface area contributed by atoms with Crippen LogP contribution in [0.3, 0.4) is 0 Å². The zero-order valence-corrected chi connectivity index (χ0v) is 43.0. The van der Waals surface area contributed by atoms with Gasteiger partial charge < -0.3 is 44.1 Å². The molecule has 29 heteroatoms. The summed E-state index contributed by atoms with van der Waals surface area (Å²) in [6.45, 7) is 8.38. The second kappa shape index (κ2) is 21.4. The first-order valence-corrected chi connectivity index (χ1v) is 26.8. The van der Waals surface area contributed by atoms with Crippen molar-refractivity contribution in [2.75, 3.05) is 87.6 Å². The highest BCUT2D eigenvalue weighted by atomic mass is 32.2. The van der Waals surface area contributed by atoms with Crippen molar-refractivity contribution in [3.05, 3.63) is 48.5 Å². The van der Waals surface area contributed by atoms with E-state index in [0.717, 1.165) is 28.4 Å². The Balaban J connectivity index is 1.22. The molecule has 0 atom stereocenters. The van der Waals surface area contributed by atoms with E-state index in [1.807, 2.05) is 31.7 Å². The SMILES string of the molecule is CCN(CC)c1cc(Nc2nc3nc(n2)SCCOCN(CC)c2cc(c(N=Nc4nc5ccc(OC)c(S(=O)(=O)O)c5s4)cc2OC)N3)c(N=Nc2nc3ccc(OC)c(S(=O)(=O)O)c3s2)cc1OC. The van der Waals surface area contributed by atoms with Gasteiger partial charge in [0.1, 0.15) is 41.1 Å². The highest BCUT2D eigenvalue weighted by molar-refractivity contribution is 7.99. The van der Waals surface area contributed by atoms with Gasteiger partial charge in [-0.2, -0.15) is 31.8 Å². The number of thiazole rings is 2. The van der Waals surface area contributed by atoms with Crippen molar-refractivity contribution in [2.45, 2.75) is 35.7 Å². The molecule has 8 rings (SSSR count). The summed E-state index contributed by atoms with van der Waals surface area (Å²) in [6.07, 6.45) is 0. The maximum absolute atomic E-state index is 12.4. The number of thioether (sulfide) groups is 1. The molecule has 0 spiro atoms. The predicted octanol–water partition coefficient (Wildman–Crippen LogP) is 9.69. The van der Waals surface area contributed by atoms with Crippen molar-refractivity contribution < 1.29 is 49.6 Å². The van der Waals surface area contributed by atoms with Crippen LogP contribution in [0.2, 0.25) is 0 Å². The lowest BCUT2D eigenvalue weighted by molar-refractivity contribution is 0.150. The Kier molecular flexibility index (Phi) is 15.3. The first-order chi connectivity index (χ1) is 34.1. The third kappa shape index (κ3) is 11.0. The summed E-state index contributed by atoms with van der Waals surface area (Å²) in [5.74, 6) is 1.49. The van der Waals surface area contributed by atoms with Gasteiger partial charge >= 0.3 is 0 Å². The third-order valence-electron chi connectivity index (χ3n) is 10.6. The van der Waals surface area contributed by atoms with Crippen LogP contribution in [0, 0.1) is 0 Å². The van der Waals surface area contributed by atoms with Crippen LogP contribution in [-0.4, -0.2) is 118 Å². The Morgan fingerprint density at radius 1 is 0.732 bits per heavy atom. The van der Waals surface area contributed by atoms with Gasteiger partial charge in [-0.05, 0) is 57.2 Å². The molecule has 1 aliphatic rings. The molecule has 4 heterocycles. The second-order valence-corrected chi connectivity index (χ2v) is 20.5. The van der Waals surface area contributed by atoms with E-state index in [0.29, 0.717) is 65.7 Å². The maximum atomic E-state index is 12.4. The van der Waals surface area contributed by atoms with Gasteiger partial charge in [0.15, 0.2) is 14.9 Å². The van der Waals surface area contributed by atoms with E-state index in [2.05, 4.69) is 46.0 Å². The number of methoxy groups -OCH3 is 4. The summed E-state index contributed by atoms with van der Waals surface area (Å²) in [5.41, 5.74) is 3.19. The molecule has 4 N–H and O–H groups in total. The summed E-state index contributed by atoms with van der Waals surface area (Å²) in [7, 11) is -3.76. The molecule has 0 saturated heterocycles. The number of hydrogen-bond acceptors (Lipinski definition) is 25. The summed E-state index contributed by atoms with van der Waals surface area (Å²) < 4.78 is 98.3. The fourth-order valence-electron chi connectivity index (χ4n) is 7.30. The highest BCUT2D eigenvalue weighted by Gasteiger charge is 2.26. The van der Waals surface area contributed by atoms with Crippen LogP contribution in [-0.2, 0) is 25.0 Å². The van der Waals surface area contributed by atoms with Gasteiger partial charge in [-0.15, -0.1) is 20.5 Å². The van der Waals surface area contributed by atoms with Crippen molar-refractivity contribution in [1.29, 1.82) is 0 Å². The Morgan fingerprint density at radius 3 is 1.86 bits per heavy atom. The van der Waals surface area contributed by atoms with E-state index in [1.54, 1.807) is 30.3 Å². The Morgan fingerprint density at radius 2 is 1.31 bits per heavy atom. The third-order valence-corrected chi connectivity index (χ3v) is 15.5. The second-order valence-electron chi connectivity index (χ2n) is 14.7. The quantitative estimate of drug-likeness (QED) is 0.0517. The van der Waals surface area contributed by atoms with Crippen molar-refractivity contribution >= 4 is 131 Å². The van der Waals surface area contributed by atoms with E-state index >= 15 is 0 Å². The van der Waals surface area contributed by atoms with Crippen molar-refractivity contribution in [3.63, 3.8) is 0 Å². The number of benzene rings is 4. The normalized spacial score (nSPS) is 13.5. The lowest BCUT2D eigenvalue weighted by Crippen LogP contribution is -2.27. The van der Waals surface area contributed by atoms with Gasteiger partial charge in [0.05, 0.1) is 78.2 Å². The molecule has 0 aliphatic carbocycles. The van der Waals surface area contributed by atoms with Crippen LogP contribution in [0.4, 0.5) is 56.3 Å². The molecular formula is C42H45N13O11S5. The number of azo groups is 2. The number of fused-ring (bicyclic) bond motifs is 6. The standard InChI is InChI=1S/C42H45N13O11S5/c1-8-54(9-2)28-17-24(26(19-32(28)64-6)50-52-41-45-22-11-13-30(62-4)36(34(22)68-41)70(56,57)58)43-38-47-39-44-25-18-29(55(10-3)21-66-15-16-67-40(48-38)49-39)33(65-7)20-27(25)51-53-42-46-23-12-14-31(63-5)37(35(23)69-42)71(59,60)61/h11-14,17-20H,8-10,15-16,21H2,1-7H3,(H,56,57,58)(H,59,60,61)(H2,43,44,47,48,49). The first kappa shape index (κ1) is 50.8. The smallest absolute Gasteiger partial charge is 0.299 e. The van der Waals surface area contributed by atoms with Crippen LogP contribution >= 0.6 is 34.4 Å². The minimum Gasteiger partial charge on any atom is -0.495 e. The van der Waals surface area contributed by atoms with Crippen molar-refractivity contribution in [1.82, 2.24) is 24.9 Å². The topological polar surface area (TPSA) is 299 Å². The molecule has 1 aliphatic heterocycles. The van der Waals surface area contributed by atoms with Gasteiger partial charge in [-0.1, -0.05) is 34.4 Å². The van der Waals surface area contributed by atoms with E-state index in [-0.39, 0.29) is 72.2 Å². The largest absolute Gasteiger partial charge is 0.495 e. The number of ether oxygens (including phenoxy) is 5. The number of nitrogens with one attached hydrogen (secondary N) is 2. The number of rotatable bonds is 16. The molecule has 0 radical (unpaired) electrons. The van der Waals surface area contributed by atoms with Gasteiger partial charge in [0.2, 0.25) is 22.2 Å². The fourth-order valence-corrected chi connectivity index (χ4v) is 12.0. The highest BCUT2D eigenvalue weighted by Crippen LogP contribution is 2.45. The molecule has 4 aromatic carbocycles. The zero-order valence-electron chi connectivity index (χ0n) is 38.9. The van der Waals surface area contributed by atoms with Crippen LogP contribution in [0.5, 0.6) is 23.0 Å². The molecule has 0 unspecified atom stereocenters. The van der Waals surface area contributed by atoms with E-state index in [1.165, 1.54) is 52.3 Å². The van der Waals surface area contributed by atoms with Gasteiger partial charge in [-0.25, -0.2) is 9.97 Å². The molecule has 7 aromatic rings. The molecule has 0 fully saturated rings. The number of nitrogens with zero attached hydrogens (tertiary/aromatic N) is 11. The lowest BCUT2D eigenvalue weighted by Gasteiger charge is -2.26. The van der Waals surface area contributed by atoms with E-state index < -0.39 is 30.0 Å². The molecule has 3 aromatic heterocycles. The number of hydrogen-bond donors (Lipinski definition) is 4. The monoisotopic (exact) mass is 1070 g/mol. The van der Waals surface area contributed by atoms with Crippen LogP contribution in [0.15, 0.2) is 83.9 Å². The average molecular weight is 1070 g/mol. The lowest BCUT2D eigenvalue weighted by atomic mass is 10.2. The fraction of sp³-hybridized carbons (Fsp3) is 0.310. The molecule has 0 saturated carbocycles. The minimum absolute atomic E-state index is 0.0550. The molecule has 71 heavy (non-hydrogen) atoms. The van der Waals surface area contributed by atoms with E-state index in [4.69, 9.17) is 38.6 Å². The first-order valence-electron chi connectivity index (χ1n) is 21.3. The number of aromatic nitrogens is 5. The summed E-state index contributed by atoms with van der Waals surface area (Å²) in [5, 5.41) is 25.0. The van der Waals surface area contributed by atoms with Crippen molar-refractivity contribution in [2.24, 2.45) is 20.5 Å². The summed E-state index contributed by atoms with van der Waals surface area (Å²) >= 11 is 3.12. The summed E-state index contributed by atoms with van der Waals surface area (Å²) in [4.78, 5) is 26.4. The van der Waals surface area contributed by atoms with Gasteiger partial charge in [0, 0.05) is 37.5 Å². The Bertz CT molecular complexity index is 3430. The molecule has 374 valence electrons. The molecule has 0 amide bonds. The molecule has 4 bridgehead atoms. The Labute approximate surface area is 419 Å². The minimum atomic E-state index is -4.70. The Hall–Kier alpha value is -6.60. The van der Waals surface area contributed by atoms with Crippen LogP contribution in [0.25, 0.3) is 20.4 Å². The van der Waals surface area contributed by atoms with E-state index in [9.17, 15) is 25.9 Å². The summed E-state index contributed by atoms with van der Waals surface area (Å²) in [6, 6.07) is 12.8. The zero-order chi connectivity index (χ0) is 50.6. The number of anilines is 6.